The van der Waals surface area contributed by atoms with E-state index in [2.05, 4.69) is 23.3 Å². The van der Waals surface area contributed by atoms with Crippen molar-refractivity contribution in [1.29, 1.82) is 0 Å². The first kappa shape index (κ1) is 17.3. The molecule has 1 aliphatic carbocycles. The highest BCUT2D eigenvalue weighted by atomic mass is 35.5. The molecule has 122 valence electrons. The molecule has 1 aromatic rings. The molecule has 1 fully saturated rings. The van der Waals surface area contributed by atoms with Gasteiger partial charge in [-0.25, -0.2) is 0 Å². The molecule has 1 N–H and O–H groups in total. The molecule has 1 aromatic carbocycles. The summed E-state index contributed by atoms with van der Waals surface area (Å²) in [6.07, 6.45) is 1.89. The van der Waals surface area contributed by atoms with Gasteiger partial charge in [0, 0.05) is 31.1 Å². The van der Waals surface area contributed by atoms with Crippen LogP contribution in [0.3, 0.4) is 0 Å². The van der Waals surface area contributed by atoms with E-state index in [4.69, 9.17) is 16.3 Å². The van der Waals surface area contributed by atoms with E-state index < -0.39 is 0 Å². The summed E-state index contributed by atoms with van der Waals surface area (Å²) in [6.45, 7) is 3.36. The number of amides is 1. The standard InChI is InChI=1S/C17H25ClN2O2/c1-20(9-10-22-2)8-4-7-19-17(21)16-12-15(16)13-5-3-6-14(18)11-13/h3,5-6,11,15-16H,4,7-10,12H2,1-2H3,(H,19,21)/t15-,16+/m0/s1. The largest absolute Gasteiger partial charge is 0.383 e. The maximum absolute atomic E-state index is 12.1. The van der Waals surface area contributed by atoms with Crippen molar-refractivity contribution >= 4 is 17.5 Å². The van der Waals surface area contributed by atoms with Gasteiger partial charge >= 0.3 is 0 Å². The van der Waals surface area contributed by atoms with Crippen molar-refractivity contribution in [1.82, 2.24) is 10.2 Å². The van der Waals surface area contributed by atoms with E-state index in [0.717, 1.165) is 44.1 Å². The molecule has 0 radical (unpaired) electrons. The smallest absolute Gasteiger partial charge is 0.223 e. The fraction of sp³-hybridized carbons (Fsp3) is 0.588. The fourth-order valence-corrected chi connectivity index (χ4v) is 2.84. The highest BCUT2D eigenvalue weighted by Gasteiger charge is 2.43. The first-order valence-corrected chi connectivity index (χ1v) is 8.20. The van der Waals surface area contributed by atoms with Gasteiger partial charge in [0.15, 0.2) is 0 Å². The van der Waals surface area contributed by atoms with Crippen LogP contribution in [0.1, 0.15) is 24.3 Å². The Kier molecular flexibility index (Phi) is 6.68. The number of carbonyl (C=O) groups excluding carboxylic acids is 1. The van der Waals surface area contributed by atoms with Gasteiger partial charge in [0.1, 0.15) is 0 Å². The number of nitrogens with one attached hydrogen (secondary N) is 1. The summed E-state index contributed by atoms with van der Waals surface area (Å²) >= 11 is 6.00. The molecule has 0 aromatic heterocycles. The minimum Gasteiger partial charge on any atom is -0.383 e. The van der Waals surface area contributed by atoms with Gasteiger partial charge in [-0.1, -0.05) is 23.7 Å². The number of ether oxygens (including phenoxy) is 1. The Morgan fingerprint density at radius 3 is 3.00 bits per heavy atom. The van der Waals surface area contributed by atoms with Crippen molar-refractivity contribution in [2.24, 2.45) is 5.92 Å². The quantitative estimate of drug-likeness (QED) is 0.710. The number of likely N-dealkylation sites (N-methyl/N-ethyl adjacent to an activating group) is 1. The molecule has 0 unspecified atom stereocenters. The molecule has 1 saturated carbocycles. The first-order valence-electron chi connectivity index (χ1n) is 7.82. The zero-order valence-corrected chi connectivity index (χ0v) is 14.1. The molecular formula is C17H25ClN2O2. The second-order valence-electron chi connectivity index (χ2n) is 5.94. The topological polar surface area (TPSA) is 41.6 Å². The van der Waals surface area contributed by atoms with Crippen LogP contribution in [0.5, 0.6) is 0 Å². The van der Waals surface area contributed by atoms with E-state index in [0.29, 0.717) is 5.92 Å². The molecule has 0 saturated heterocycles. The van der Waals surface area contributed by atoms with E-state index in [1.807, 2.05) is 18.2 Å². The van der Waals surface area contributed by atoms with Crippen LogP contribution in [-0.4, -0.2) is 51.2 Å². The van der Waals surface area contributed by atoms with E-state index >= 15 is 0 Å². The molecule has 0 aliphatic heterocycles. The zero-order chi connectivity index (χ0) is 15.9. The normalized spacial score (nSPS) is 20.2. The molecule has 0 bridgehead atoms. The summed E-state index contributed by atoms with van der Waals surface area (Å²) in [4.78, 5) is 14.3. The van der Waals surface area contributed by atoms with Crippen LogP contribution in [0.15, 0.2) is 24.3 Å². The van der Waals surface area contributed by atoms with Crippen LogP contribution < -0.4 is 5.32 Å². The molecule has 0 heterocycles. The van der Waals surface area contributed by atoms with Crippen molar-refractivity contribution in [3.63, 3.8) is 0 Å². The third kappa shape index (κ3) is 5.27. The Morgan fingerprint density at radius 2 is 2.27 bits per heavy atom. The number of benzene rings is 1. The molecule has 2 rings (SSSR count). The summed E-state index contributed by atoms with van der Waals surface area (Å²) < 4.78 is 5.04. The van der Waals surface area contributed by atoms with Crippen LogP contribution in [-0.2, 0) is 9.53 Å². The third-order valence-electron chi connectivity index (χ3n) is 4.10. The van der Waals surface area contributed by atoms with Crippen LogP contribution in [0.2, 0.25) is 5.02 Å². The minimum absolute atomic E-state index is 0.115. The highest BCUT2D eigenvalue weighted by molar-refractivity contribution is 6.30. The summed E-state index contributed by atoms with van der Waals surface area (Å²) in [7, 11) is 3.77. The summed E-state index contributed by atoms with van der Waals surface area (Å²) in [5.41, 5.74) is 1.17. The van der Waals surface area contributed by atoms with Gasteiger partial charge in [-0.2, -0.15) is 0 Å². The Balaban J connectivity index is 1.63. The average molecular weight is 325 g/mol. The summed E-state index contributed by atoms with van der Waals surface area (Å²) in [5, 5.41) is 3.78. The van der Waals surface area contributed by atoms with Crippen molar-refractivity contribution < 1.29 is 9.53 Å². The lowest BCUT2D eigenvalue weighted by molar-refractivity contribution is -0.122. The van der Waals surface area contributed by atoms with Crippen molar-refractivity contribution in [2.45, 2.75) is 18.8 Å². The van der Waals surface area contributed by atoms with E-state index in [-0.39, 0.29) is 11.8 Å². The Bertz CT molecular complexity index is 495. The number of hydrogen-bond donors (Lipinski definition) is 1. The van der Waals surface area contributed by atoms with Gasteiger partial charge in [0.25, 0.3) is 0 Å². The molecule has 4 nitrogen and oxygen atoms in total. The predicted octanol–water partition coefficient (Wildman–Crippen LogP) is 2.53. The number of rotatable bonds is 9. The van der Waals surface area contributed by atoms with Gasteiger partial charge in [-0.15, -0.1) is 0 Å². The van der Waals surface area contributed by atoms with Crippen molar-refractivity contribution in [2.75, 3.05) is 40.4 Å². The zero-order valence-electron chi connectivity index (χ0n) is 13.3. The van der Waals surface area contributed by atoms with Gasteiger partial charge in [-0.3, -0.25) is 4.79 Å². The van der Waals surface area contributed by atoms with Crippen LogP contribution in [0, 0.1) is 5.92 Å². The maximum atomic E-state index is 12.1. The molecular weight excluding hydrogens is 300 g/mol. The van der Waals surface area contributed by atoms with E-state index in [1.54, 1.807) is 7.11 Å². The molecule has 2 atom stereocenters. The van der Waals surface area contributed by atoms with Gasteiger partial charge in [-0.05, 0) is 50.0 Å². The summed E-state index contributed by atoms with van der Waals surface area (Å²) in [6, 6.07) is 7.82. The fourth-order valence-electron chi connectivity index (χ4n) is 2.64. The first-order chi connectivity index (χ1) is 10.6. The molecule has 22 heavy (non-hydrogen) atoms. The third-order valence-corrected chi connectivity index (χ3v) is 4.33. The number of methoxy groups -OCH3 is 1. The van der Waals surface area contributed by atoms with E-state index in [1.165, 1.54) is 5.56 Å². The van der Waals surface area contributed by atoms with E-state index in [9.17, 15) is 4.79 Å². The van der Waals surface area contributed by atoms with Crippen LogP contribution in [0.4, 0.5) is 0 Å². The Morgan fingerprint density at radius 1 is 1.45 bits per heavy atom. The average Bonchev–Trinajstić information content (AvgIpc) is 3.30. The maximum Gasteiger partial charge on any atom is 0.223 e. The van der Waals surface area contributed by atoms with Gasteiger partial charge in [0.2, 0.25) is 5.91 Å². The lowest BCUT2D eigenvalue weighted by atomic mass is 10.1. The second kappa shape index (κ2) is 8.51. The second-order valence-corrected chi connectivity index (χ2v) is 6.38. The Labute approximate surface area is 137 Å². The monoisotopic (exact) mass is 324 g/mol. The highest BCUT2D eigenvalue weighted by Crippen LogP contribution is 2.47. The van der Waals surface area contributed by atoms with Gasteiger partial charge < -0.3 is 15.0 Å². The SMILES string of the molecule is COCCN(C)CCCNC(=O)[C@@H]1C[C@H]1c1cccc(Cl)c1. The minimum atomic E-state index is 0.115. The molecule has 1 aliphatic rings. The number of carbonyl (C=O) groups is 1. The number of hydrogen-bond acceptors (Lipinski definition) is 3. The summed E-state index contributed by atoms with van der Waals surface area (Å²) in [5.74, 6) is 0.622. The Hall–Kier alpha value is -1.10. The number of nitrogens with zero attached hydrogens (tertiary/aromatic N) is 1. The molecule has 5 heteroatoms. The molecule has 0 spiro atoms. The lowest BCUT2D eigenvalue weighted by Crippen LogP contribution is -2.30. The number of halogens is 1. The van der Waals surface area contributed by atoms with Crippen molar-refractivity contribution in [3.8, 4) is 0 Å². The van der Waals surface area contributed by atoms with Crippen LogP contribution in [0.25, 0.3) is 0 Å². The lowest BCUT2D eigenvalue weighted by Gasteiger charge is -2.15. The van der Waals surface area contributed by atoms with Crippen LogP contribution >= 0.6 is 11.6 Å². The van der Waals surface area contributed by atoms with Gasteiger partial charge in [0.05, 0.1) is 6.61 Å². The predicted molar refractivity (Wildman–Crippen MR) is 89.3 cm³/mol. The molecule has 1 amide bonds. The van der Waals surface area contributed by atoms with Crippen molar-refractivity contribution in [3.05, 3.63) is 34.9 Å².